The van der Waals surface area contributed by atoms with Gasteiger partial charge in [0.25, 0.3) is 5.69 Å². The van der Waals surface area contributed by atoms with E-state index in [0.29, 0.717) is 19.0 Å². The van der Waals surface area contributed by atoms with Gasteiger partial charge in [0.1, 0.15) is 0 Å². The third-order valence-corrected chi connectivity index (χ3v) is 7.62. The number of hydrogen-bond acceptors (Lipinski definition) is 7. The van der Waals surface area contributed by atoms with E-state index >= 15 is 0 Å². The molecule has 0 N–H and O–H groups in total. The Labute approximate surface area is 183 Å². The molecule has 0 amide bonds. The normalized spacial score (nSPS) is 15.8. The number of aromatic nitrogens is 1. The van der Waals surface area contributed by atoms with Crippen LogP contribution in [-0.4, -0.2) is 41.1 Å². The number of carbonyl (C=O) groups excluding carboxylic acids is 1. The smallest absolute Gasteiger partial charge is 0.408 e. The highest BCUT2D eigenvalue weighted by atomic mass is 32.2. The van der Waals surface area contributed by atoms with Gasteiger partial charge in [-0.05, 0) is 43.0 Å². The molecule has 32 heavy (non-hydrogen) atoms. The lowest BCUT2D eigenvalue weighted by atomic mass is 10.0. The summed E-state index contributed by atoms with van der Waals surface area (Å²) in [6.45, 7) is 2.62. The Hall–Kier alpha value is -3.31. The molecule has 2 aromatic carbocycles. The summed E-state index contributed by atoms with van der Waals surface area (Å²) in [7, 11) is -3.72. The topological polar surface area (TPSA) is 133 Å². The highest BCUT2D eigenvalue weighted by Gasteiger charge is 2.29. The van der Waals surface area contributed by atoms with Crippen LogP contribution in [0.25, 0.3) is 11.1 Å². The molecule has 0 bridgehead atoms. The Kier molecular flexibility index (Phi) is 5.70. The largest absolute Gasteiger partial charge is 0.420 e. The van der Waals surface area contributed by atoms with Gasteiger partial charge in [0, 0.05) is 36.9 Å². The fourth-order valence-corrected chi connectivity index (χ4v) is 5.22. The van der Waals surface area contributed by atoms with Crippen molar-refractivity contribution >= 4 is 32.6 Å². The van der Waals surface area contributed by atoms with Gasteiger partial charge >= 0.3 is 5.76 Å². The number of nitro benzene ring substituents is 1. The predicted molar refractivity (Wildman–Crippen MR) is 115 cm³/mol. The summed E-state index contributed by atoms with van der Waals surface area (Å²) in [4.78, 5) is 35.1. The van der Waals surface area contributed by atoms with Crippen LogP contribution in [0.4, 0.5) is 5.69 Å². The number of oxazole rings is 1. The van der Waals surface area contributed by atoms with Gasteiger partial charge in [0.2, 0.25) is 10.0 Å². The van der Waals surface area contributed by atoms with Crippen molar-refractivity contribution in [2.45, 2.75) is 31.2 Å². The summed E-state index contributed by atoms with van der Waals surface area (Å²) < 4.78 is 33.7. The van der Waals surface area contributed by atoms with Gasteiger partial charge in [0.15, 0.2) is 11.4 Å². The SMILES string of the molecule is CC1CCN(S(=O)(=O)c2ccc3c(c2)oc(=O)n3CC(=O)c2ccc([N+](=O)[O-])cc2)CC1. The molecule has 0 aliphatic carbocycles. The standard InChI is InChI=1S/C21H21N3O7S/c1-14-8-10-22(11-9-14)32(29,30)17-6-7-18-20(12-17)31-21(26)23(18)13-19(25)15-2-4-16(5-3-15)24(27)28/h2-7,12,14H,8-11,13H2,1H3. The van der Waals surface area contributed by atoms with Crippen LogP contribution in [0.1, 0.15) is 30.1 Å². The van der Waals surface area contributed by atoms with E-state index in [1.165, 1.54) is 46.8 Å². The highest BCUT2D eigenvalue weighted by Crippen LogP contribution is 2.26. The van der Waals surface area contributed by atoms with E-state index in [0.717, 1.165) is 17.4 Å². The van der Waals surface area contributed by atoms with Crippen LogP contribution in [0.15, 0.2) is 56.6 Å². The number of benzene rings is 2. The molecule has 4 rings (SSSR count). The third-order valence-electron chi connectivity index (χ3n) is 5.72. The van der Waals surface area contributed by atoms with Crippen LogP contribution in [-0.2, 0) is 16.6 Å². The van der Waals surface area contributed by atoms with Crippen LogP contribution in [0.5, 0.6) is 0 Å². The minimum absolute atomic E-state index is 0.0298. The molecule has 1 aromatic heterocycles. The van der Waals surface area contributed by atoms with Gasteiger partial charge < -0.3 is 4.42 Å². The summed E-state index contributed by atoms with van der Waals surface area (Å²) in [5.74, 6) is -0.760. The summed E-state index contributed by atoms with van der Waals surface area (Å²) >= 11 is 0. The average molecular weight is 459 g/mol. The number of carbonyl (C=O) groups is 1. The van der Waals surface area contributed by atoms with Gasteiger partial charge in [-0.15, -0.1) is 0 Å². The van der Waals surface area contributed by atoms with Crippen LogP contribution in [0.2, 0.25) is 0 Å². The Morgan fingerprint density at radius 3 is 2.44 bits per heavy atom. The van der Waals surface area contributed by atoms with E-state index < -0.39 is 26.5 Å². The lowest BCUT2D eigenvalue weighted by Crippen LogP contribution is -2.37. The van der Waals surface area contributed by atoms with E-state index in [9.17, 15) is 28.1 Å². The number of fused-ring (bicyclic) bond motifs is 1. The van der Waals surface area contributed by atoms with Crippen LogP contribution < -0.4 is 5.76 Å². The molecule has 1 aliphatic rings. The molecule has 3 aromatic rings. The van der Waals surface area contributed by atoms with E-state index in [1.54, 1.807) is 0 Å². The molecule has 11 heteroatoms. The quantitative estimate of drug-likeness (QED) is 0.314. The number of nitro groups is 1. The first-order valence-corrected chi connectivity index (χ1v) is 11.5. The van der Waals surface area contributed by atoms with Crippen molar-refractivity contribution in [3.8, 4) is 0 Å². The number of nitrogens with zero attached hydrogens (tertiary/aromatic N) is 3. The van der Waals surface area contributed by atoms with Crippen molar-refractivity contribution in [2.75, 3.05) is 13.1 Å². The molecular weight excluding hydrogens is 438 g/mol. The molecule has 0 unspecified atom stereocenters. The molecular formula is C21H21N3O7S. The Morgan fingerprint density at radius 2 is 1.81 bits per heavy atom. The molecule has 0 spiro atoms. The molecule has 1 aliphatic heterocycles. The monoisotopic (exact) mass is 459 g/mol. The van der Waals surface area contributed by atoms with Crippen LogP contribution in [0, 0.1) is 16.0 Å². The fourth-order valence-electron chi connectivity index (χ4n) is 3.74. The van der Waals surface area contributed by atoms with E-state index in [4.69, 9.17) is 4.42 Å². The molecule has 1 fully saturated rings. The van der Waals surface area contributed by atoms with E-state index in [1.807, 2.05) is 0 Å². The van der Waals surface area contributed by atoms with Crippen molar-refractivity contribution in [1.29, 1.82) is 0 Å². The van der Waals surface area contributed by atoms with Gasteiger partial charge in [-0.1, -0.05) is 6.92 Å². The second-order valence-electron chi connectivity index (χ2n) is 7.90. The van der Waals surface area contributed by atoms with Crippen molar-refractivity contribution < 1.29 is 22.6 Å². The molecule has 10 nitrogen and oxygen atoms in total. The molecule has 1 saturated heterocycles. The maximum absolute atomic E-state index is 13.0. The second kappa shape index (κ2) is 8.32. The van der Waals surface area contributed by atoms with Gasteiger partial charge in [0.05, 0.1) is 21.9 Å². The predicted octanol–water partition coefficient (Wildman–Crippen LogP) is 2.81. The van der Waals surface area contributed by atoms with E-state index in [-0.39, 0.29) is 33.8 Å². The van der Waals surface area contributed by atoms with Crippen molar-refractivity contribution in [2.24, 2.45) is 5.92 Å². The number of ketones is 1. The summed E-state index contributed by atoms with van der Waals surface area (Å²) in [5.41, 5.74) is 0.411. The summed E-state index contributed by atoms with van der Waals surface area (Å²) in [6, 6.07) is 9.21. The lowest BCUT2D eigenvalue weighted by Gasteiger charge is -2.29. The molecule has 0 saturated carbocycles. The molecule has 0 atom stereocenters. The van der Waals surface area contributed by atoms with Crippen LogP contribution in [0.3, 0.4) is 0 Å². The Balaban J connectivity index is 1.60. The number of sulfonamides is 1. The molecule has 2 heterocycles. The third kappa shape index (κ3) is 4.08. The summed E-state index contributed by atoms with van der Waals surface area (Å²) in [6.07, 6.45) is 1.58. The number of Topliss-reactive ketones (excluding diaryl/α,β-unsaturated/α-hetero) is 1. The molecule has 168 valence electrons. The maximum Gasteiger partial charge on any atom is 0.420 e. The van der Waals surface area contributed by atoms with Crippen molar-refractivity contribution in [1.82, 2.24) is 8.87 Å². The van der Waals surface area contributed by atoms with Gasteiger partial charge in [-0.25, -0.2) is 13.2 Å². The fraction of sp³-hybridized carbons (Fsp3) is 0.333. The maximum atomic E-state index is 13.0. The number of piperidine rings is 1. The van der Waals surface area contributed by atoms with Gasteiger partial charge in [-0.3, -0.25) is 19.5 Å². The van der Waals surface area contributed by atoms with Gasteiger partial charge in [-0.2, -0.15) is 4.31 Å². The lowest BCUT2D eigenvalue weighted by molar-refractivity contribution is -0.384. The zero-order valence-electron chi connectivity index (χ0n) is 17.3. The number of non-ortho nitro benzene ring substituents is 1. The van der Waals surface area contributed by atoms with Crippen molar-refractivity contribution in [3.05, 3.63) is 68.7 Å². The second-order valence-corrected chi connectivity index (χ2v) is 9.84. The zero-order valence-corrected chi connectivity index (χ0v) is 18.1. The highest BCUT2D eigenvalue weighted by molar-refractivity contribution is 7.89. The average Bonchev–Trinajstić information content (AvgIpc) is 3.08. The first-order chi connectivity index (χ1) is 15.2. The first kappa shape index (κ1) is 21.9. The van der Waals surface area contributed by atoms with Crippen LogP contribution >= 0.6 is 0 Å². The number of hydrogen-bond donors (Lipinski definition) is 0. The first-order valence-electron chi connectivity index (χ1n) is 10.1. The Morgan fingerprint density at radius 1 is 1.16 bits per heavy atom. The van der Waals surface area contributed by atoms with Crippen molar-refractivity contribution in [3.63, 3.8) is 0 Å². The number of rotatable bonds is 6. The Bertz CT molecular complexity index is 1350. The molecule has 0 radical (unpaired) electrons. The minimum atomic E-state index is -3.72. The van der Waals surface area contributed by atoms with E-state index in [2.05, 4.69) is 6.92 Å². The zero-order chi connectivity index (χ0) is 23.0. The summed E-state index contributed by atoms with van der Waals surface area (Å²) in [5, 5.41) is 10.8. The minimum Gasteiger partial charge on any atom is -0.408 e.